The molecule has 0 aliphatic carbocycles. The van der Waals surface area contributed by atoms with Gasteiger partial charge in [0.25, 0.3) is 0 Å². The third-order valence-electron chi connectivity index (χ3n) is 4.83. The van der Waals surface area contributed by atoms with Gasteiger partial charge in [-0.25, -0.2) is 4.79 Å². The van der Waals surface area contributed by atoms with E-state index >= 15 is 0 Å². The smallest absolute Gasteiger partial charge is 0.337 e. The van der Waals surface area contributed by atoms with E-state index in [0.717, 1.165) is 22.6 Å². The van der Waals surface area contributed by atoms with Crippen molar-refractivity contribution in [2.24, 2.45) is 0 Å². The van der Waals surface area contributed by atoms with Crippen molar-refractivity contribution < 1.29 is 19.1 Å². The van der Waals surface area contributed by atoms with E-state index in [4.69, 9.17) is 9.47 Å². The predicted molar refractivity (Wildman–Crippen MR) is 122 cm³/mol. The number of ether oxygens (including phenoxy) is 2. The van der Waals surface area contributed by atoms with Gasteiger partial charge in [-0.2, -0.15) is 0 Å². The minimum absolute atomic E-state index is 0.00310. The zero-order chi connectivity index (χ0) is 22.1. The summed E-state index contributed by atoms with van der Waals surface area (Å²) in [5.74, 6) is 0.392. The average Bonchev–Trinajstić information content (AvgIpc) is 2.83. The first-order valence-electron chi connectivity index (χ1n) is 9.94. The van der Waals surface area contributed by atoms with Crippen LogP contribution in [0.5, 0.6) is 5.75 Å². The highest BCUT2D eigenvalue weighted by atomic mass is 16.5. The molecule has 3 rings (SSSR count). The zero-order valence-corrected chi connectivity index (χ0v) is 17.6. The first-order chi connectivity index (χ1) is 15.1. The Morgan fingerprint density at radius 1 is 0.903 bits per heavy atom. The number of carbonyl (C=O) groups is 2. The van der Waals surface area contributed by atoms with Gasteiger partial charge in [-0.3, -0.25) is 4.79 Å². The molecule has 1 N–H and O–H groups in total. The maximum atomic E-state index is 12.7. The summed E-state index contributed by atoms with van der Waals surface area (Å²) >= 11 is 0. The Morgan fingerprint density at radius 2 is 1.58 bits per heavy atom. The Kier molecular flexibility index (Phi) is 7.60. The number of methoxy groups -OCH3 is 2. The number of nitrogens with one attached hydrogen (secondary N) is 1. The third-order valence-corrected chi connectivity index (χ3v) is 4.83. The summed E-state index contributed by atoms with van der Waals surface area (Å²) in [6, 6.07) is 24.1. The molecule has 5 nitrogen and oxygen atoms in total. The molecule has 0 amide bonds. The summed E-state index contributed by atoms with van der Waals surface area (Å²) in [6.07, 6.45) is 3.68. The van der Waals surface area contributed by atoms with Crippen LogP contribution in [0.1, 0.15) is 33.9 Å². The van der Waals surface area contributed by atoms with E-state index in [1.807, 2.05) is 54.6 Å². The highest BCUT2D eigenvalue weighted by molar-refractivity contribution is 5.94. The van der Waals surface area contributed by atoms with Crippen molar-refractivity contribution in [3.05, 3.63) is 102 Å². The summed E-state index contributed by atoms with van der Waals surface area (Å²) in [5.41, 5.74) is 3.22. The number of allylic oxidation sites excluding steroid dienone is 1. The van der Waals surface area contributed by atoms with Gasteiger partial charge in [0.15, 0.2) is 5.78 Å². The highest BCUT2D eigenvalue weighted by Gasteiger charge is 2.15. The quantitative estimate of drug-likeness (QED) is 0.379. The molecule has 3 aromatic carbocycles. The normalized spacial score (nSPS) is 11.7. The second-order valence-electron chi connectivity index (χ2n) is 6.95. The summed E-state index contributed by atoms with van der Waals surface area (Å²) in [7, 11) is 2.97. The average molecular weight is 415 g/mol. The number of hydrogen-bond acceptors (Lipinski definition) is 5. The molecule has 1 atom stereocenters. The van der Waals surface area contributed by atoms with E-state index < -0.39 is 0 Å². The second-order valence-corrected chi connectivity index (χ2v) is 6.95. The van der Waals surface area contributed by atoms with Gasteiger partial charge in [0.05, 0.1) is 25.8 Å². The van der Waals surface area contributed by atoms with Gasteiger partial charge in [0, 0.05) is 12.1 Å². The van der Waals surface area contributed by atoms with Crippen LogP contribution >= 0.6 is 0 Å². The molecular formula is C26H25NO4. The van der Waals surface area contributed by atoms with Crippen LogP contribution in [-0.2, 0) is 9.53 Å². The van der Waals surface area contributed by atoms with Gasteiger partial charge in [-0.15, -0.1) is 0 Å². The second kappa shape index (κ2) is 10.8. The molecule has 0 fully saturated rings. The van der Waals surface area contributed by atoms with Gasteiger partial charge in [-0.05, 0) is 53.6 Å². The largest absolute Gasteiger partial charge is 0.497 e. The van der Waals surface area contributed by atoms with Gasteiger partial charge in [0.2, 0.25) is 0 Å². The van der Waals surface area contributed by atoms with Gasteiger partial charge < -0.3 is 14.8 Å². The molecule has 5 heteroatoms. The summed E-state index contributed by atoms with van der Waals surface area (Å²) < 4.78 is 9.89. The van der Waals surface area contributed by atoms with Crippen LogP contribution in [0.2, 0.25) is 0 Å². The molecule has 0 aromatic heterocycles. The zero-order valence-electron chi connectivity index (χ0n) is 17.6. The van der Waals surface area contributed by atoms with Gasteiger partial charge in [-0.1, -0.05) is 48.5 Å². The molecule has 0 saturated carbocycles. The third kappa shape index (κ3) is 6.31. The lowest BCUT2D eigenvalue weighted by Crippen LogP contribution is -2.14. The van der Waals surface area contributed by atoms with E-state index in [9.17, 15) is 9.59 Å². The van der Waals surface area contributed by atoms with E-state index in [-0.39, 0.29) is 24.2 Å². The molecule has 158 valence electrons. The molecule has 0 bridgehead atoms. The number of ketones is 1. The van der Waals surface area contributed by atoms with Crippen molar-refractivity contribution in [2.45, 2.75) is 12.5 Å². The standard InChI is InChI=1S/C26H25NO4/c1-30-24-16-9-19(10-17-24)8-15-23(28)18-25(20-6-4-3-5-7-20)27-22-13-11-21(12-14-22)26(29)31-2/h3-17,25,27H,18H2,1-2H3/t25-/m0/s1. The molecule has 0 radical (unpaired) electrons. The van der Waals surface area contributed by atoms with Crippen LogP contribution in [-0.4, -0.2) is 26.0 Å². The van der Waals surface area contributed by atoms with E-state index in [1.54, 1.807) is 43.5 Å². The molecule has 0 aliphatic rings. The van der Waals surface area contributed by atoms with Crippen molar-refractivity contribution in [1.82, 2.24) is 0 Å². The fourth-order valence-electron chi connectivity index (χ4n) is 3.13. The number of rotatable bonds is 9. The molecule has 0 heterocycles. The molecular weight excluding hydrogens is 390 g/mol. The first-order valence-corrected chi connectivity index (χ1v) is 9.94. The summed E-state index contributed by atoms with van der Waals surface area (Å²) in [6.45, 7) is 0. The topological polar surface area (TPSA) is 64.6 Å². The first kappa shape index (κ1) is 21.8. The predicted octanol–water partition coefficient (Wildman–Crippen LogP) is 5.31. The minimum Gasteiger partial charge on any atom is -0.497 e. The Hall–Kier alpha value is -3.86. The van der Waals surface area contributed by atoms with Crippen molar-refractivity contribution >= 4 is 23.5 Å². The van der Waals surface area contributed by atoms with Crippen LogP contribution in [0.3, 0.4) is 0 Å². The lowest BCUT2D eigenvalue weighted by molar-refractivity contribution is -0.114. The highest BCUT2D eigenvalue weighted by Crippen LogP contribution is 2.24. The number of anilines is 1. The number of benzene rings is 3. The lowest BCUT2D eigenvalue weighted by atomic mass is 10.00. The van der Waals surface area contributed by atoms with Gasteiger partial charge in [0.1, 0.15) is 5.75 Å². The number of carbonyl (C=O) groups excluding carboxylic acids is 2. The van der Waals surface area contributed by atoms with Crippen molar-refractivity contribution in [1.29, 1.82) is 0 Å². The van der Waals surface area contributed by atoms with E-state index in [2.05, 4.69) is 5.32 Å². The Balaban J connectivity index is 1.72. The molecule has 0 spiro atoms. The minimum atomic E-state index is -0.384. The SMILES string of the molecule is COC(=O)c1ccc(N[C@@H](CC(=O)C=Cc2ccc(OC)cc2)c2ccccc2)cc1. The van der Waals surface area contributed by atoms with Crippen LogP contribution in [0.4, 0.5) is 5.69 Å². The van der Waals surface area contributed by atoms with Crippen molar-refractivity contribution in [3.63, 3.8) is 0 Å². The van der Waals surface area contributed by atoms with Crippen molar-refractivity contribution in [2.75, 3.05) is 19.5 Å². The monoisotopic (exact) mass is 415 g/mol. The molecule has 31 heavy (non-hydrogen) atoms. The van der Waals surface area contributed by atoms with Gasteiger partial charge >= 0.3 is 5.97 Å². The Bertz CT molecular complexity index is 1030. The fourth-order valence-corrected chi connectivity index (χ4v) is 3.13. The van der Waals surface area contributed by atoms with Crippen LogP contribution < -0.4 is 10.1 Å². The number of esters is 1. The van der Waals surface area contributed by atoms with E-state index in [0.29, 0.717) is 5.56 Å². The van der Waals surface area contributed by atoms with E-state index in [1.165, 1.54) is 7.11 Å². The Labute approximate surface area is 182 Å². The van der Waals surface area contributed by atoms with Crippen LogP contribution in [0.25, 0.3) is 6.08 Å². The Morgan fingerprint density at radius 3 is 2.19 bits per heavy atom. The maximum absolute atomic E-state index is 12.7. The summed E-state index contributed by atoms with van der Waals surface area (Å²) in [4.78, 5) is 24.3. The maximum Gasteiger partial charge on any atom is 0.337 e. The molecule has 0 unspecified atom stereocenters. The lowest BCUT2D eigenvalue weighted by Gasteiger charge is -2.19. The molecule has 3 aromatic rings. The fraction of sp³-hybridized carbons (Fsp3) is 0.154. The van der Waals surface area contributed by atoms with Crippen LogP contribution in [0.15, 0.2) is 84.9 Å². The van der Waals surface area contributed by atoms with Crippen molar-refractivity contribution in [3.8, 4) is 5.75 Å². The number of hydrogen-bond donors (Lipinski definition) is 1. The summed E-state index contributed by atoms with van der Waals surface area (Å²) in [5, 5.41) is 3.40. The van der Waals surface area contributed by atoms with Crippen LogP contribution in [0, 0.1) is 0 Å². The molecule has 0 aliphatic heterocycles. The molecule has 0 saturated heterocycles.